The monoisotopic (exact) mass is 241 g/mol. The van der Waals surface area contributed by atoms with Gasteiger partial charge in [-0.3, -0.25) is 0 Å². The van der Waals surface area contributed by atoms with Crippen LogP contribution >= 0.6 is 11.6 Å². The van der Waals surface area contributed by atoms with Crippen LogP contribution in [0.4, 0.5) is 0 Å². The molecule has 1 unspecified atom stereocenters. The van der Waals surface area contributed by atoms with E-state index in [0.717, 1.165) is 31.0 Å². The molecule has 0 aliphatic carbocycles. The molecule has 1 aromatic carbocycles. The minimum absolute atomic E-state index is 0.286. The van der Waals surface area contributed by atoms with Gasteiger partial charge in [0.1, 0.15) is 0 Å². The van der Waals surface area contributed by atoms with Gasteiger partial charge in [-0.1, -0.05) is 30.7 Å². The lowest BCUT2D eigenvalue weighted by atomic mass is 10.1. The van der Waals surface area contributed by atoms with Gasteiger partial charge in [0.05, 0.1) is 0 Å². The summed E-state index contributed by atoms with van der Waals surface area (Å²) < 4.78 is 0. The van der Waals surface area contributed by atoms with Gasteiger partial charge in [0, 0.05) is 18.2 Å². The molecule has 0 saturated carbocycles. The number of nitrogens with one attached hydrogen (secondary N) is 1. The fourth-order valence-electron chi connectivity index (χ4n) is 1.55. The predicted octanol–water partition coefficient (Wildman–Crippen LogP) is 2.84. The third-order valence-corrected chi connectivity index (χ3v) is 2.82. The van der Waals surface area contributed by atoms with Crippen molar-refractivity contribution in [3.8, 4) is 0 Å². The van der Waals surface area contributed by atoms with E-state index in [1.807, 2.05) is 18.2 Å². The number of aliphatic hydroxyl groups is 1. The molecule has 0 fully saturated rings. The van der Waals surface area contributed by atoms with Crippen molar-refractivity contribution in [1.82, 2.24) is 5.32 Å². The minimum Gasteiger partial charge on any atom is -0.396 e. The Morgan fingerprint density at radius 1 is 1.44 bits per heavy atom. The number of benzene rings is 1. The third-order valence-electron chi connectivity index (χ3n) is 2.58. The molecule has 0 aliphatic rings. The highest BCUT2D eigenvalue weighted by Crippen LogP contribution is 2.10. The summed E-state index contributed by atoms with van der Waals surface area (Å²) in [6, 6.07) is 7.89. The van der Waals surface area contributed by atoms with Crippen molar-refractivity contribution < 1.29 is 5.11 Å². The zero-order chi connectivity index (χ0) is 11.8. The number of aliphatic hydroxyl groups excluding tert-OH is 1. The van der Waals surface area contributed by atoms with Gasteiger partial charge in [-0.05, 0) is 43.0 Å². The summed E-state index contributed by atoms with van der Waals surface area (Å²) >= 11 is 5.89. The van der Waals surface area contributed by atoms with Crippen LogP contribution in [-0.2, 0) is 6.54 Å². The molecule has 0 aliphatic heterocycles. The van der Waals surface area contributed by atoms with Gasteiger partial charge in [-0.2, -0.15) is 0 Å². The fourth-order valence-corrected chi connectivity index (χ4v) is 1.76. The Labute approximate surface area is 103 Å². The van der Waals surface area contributed by atoms with Crippen molar-refractivity contribution in [1.29, 1.82) is 0 Å². The zero-order valence-electron chi connectivity index (χ0n) is 9.75. The molecule has 3 heteroatoms. The lowest BCUT2D eigenvalue weighted by Gasteiger charge is -2.08. The average Bonchev–Trinajstić information content (AvgIpc) is 2.28. The van der Waals surface area contributed by atoms with Gasteiger partial charge in [0.25, 0.3) is 0 Å². The molecule has 0 amide bonds. The highest BCUT2D eigenvalue weighted by molar-refractivity contribution is 6.30. The van der Waals surface area contributed by atoms with E-state index in [0.29, 0.717) is 5.92 Å². The number of rotatable bonds is 7. The molecule has 90 valence electrons. The third kappa shape index (κ3) is 5.50. The summed E-state index contributed by atoms with van der Waals surface area (Å²) in [6.07, 6.45) is 2.17. The summed E-state index contributed by atoms with van der Waals surface area (Å²) in [6.45, 7) is 4.19. The van der Waals surface area contributed by atoms with E-state index in [1.165, 1.54) is 5.56 Å². The maximum atomic E-state index is 8.86. The highest BCUT2D eigenvalue weighted by Gasteiger charge is 1.99. The smallest absolute Gasteiger partial charge is 0.0456 e. The SMILES string of the molecule is CC(CO)CCCNCc1cccc(Cl)c1. The second kappa shape index (κ2) is 7.66. The average molecular weight is 242 g/mol. The van der Waals surface area contributed by atoms with Crippen LogP contribution in [0.5, 0.6) is 0 Å². The van der Waals surface area contributed by atoms with Crippen molar-refractivity contribution in [2.75, 3.05) is 13.2 Å². The summed E-state index contributed by atoms with van der Waals surface area (Å²) in [7, 11) is 0. The molecule has 0 heterocycles. The Morgan fingerprint density at radius 2 is 2.25 bits per heavy atom. The van der Waals surface area contributed by atoms with E-state index in [4.69, 9.17) is 16.7 Å². The van der Waals surface area contributed by atoms with E-state index < -0.39 is 0 Å². The molecule has 0 saturated heterocycles. The standard InChI is InChI=1S/C13H20ClNO/c1-11(10-16)4-3-7-15-9-12-5-2-6-13(14)8-12/h2,5-6,8,11,15-16H,3-4,7,9-10H2,1H3. The van der Waals surface area contributed by atoms with Gasteiger partial charge in [-0.15, -0.1) is 0 Å². The van der Waals surface area contributed by atoms with E-state index in [-0.39, 0.29) is 6.61 Å². The summed E-state index contributed by atoms with van der Waals surface area (Å²) in [5.41, 5.74) is 1.21. The Hall–Kier alpha value is -0.570. The van der Waals surface area contributed by atoms with Crippen LogP contribution in [0.3, 0.4) is 0 Å². The van der Waals surface area contributed by atoms with Crippen LogP contribution in [0.25, 0.3) is 0 Å². The van der Waals surface area contributed by atoms with Crippen LogP contribution in [0, 0.1) is 5.92 Å². The first-order chi connectivity index (χ1) is 7.72. The van der Waals surface area contributed by atoms with E-state index >= 15 is 0 Å². The maximum absolute atomic E-state index is 8.86. The first kappa shape index (κ1) is 13.5. The fraction of sp³-hybridized carbons (Fsp3) is 0.538. The van der Waals surface area contributed by atoms with Crippen LogP contribution in [0.15, 0.2) is 24.3 Å². The molecule has 2 nitrogen and oxygen atoms in total. The second-order valence-corrected chi connectivity index (χ2v) is 4.67. The molecule has 0 bridgehead atoms. The van der Waals surface area contributed by atoms with Crippen LogP contribution in [0.2, 0.25) is 5.02 Å². The molecule has 1 rings (SSSR count). The predicted molar refractivity (Wildman–Crippen MR) is 68.6 cm³/mol. The molecule has 0 spiro atoms. The molecular weight excluding hydrogens is 222 g/mol. The van der Waals surface area contributed by atoms with Crippen molar-refractivity contribution in [3.63, 3.8) is 0 Å². The quantitative estimate of drug-likeness (QED) is 0.720. The molecule has 0 radical (unpaired) electrons. The van der Waals surface area contributed by atoms with Crippen LogP contribution < -0.4 is 5.32 Å². The highest BCUT2D eigenvalue weighted by atomic mass is 35.5. The first-order valence-electron chi connectivity index (χ1n) is 5.78. The second-order valence-electron chi connectivity index (χ2n) is 4.24. The number of hydrogen-bond donors (Lipinski definition) is 2. The lowest BCUT2D eigenvalue weighted by Crippen LogP contribution is -2.15. The van der Waals surface area contributed by atoms with E-state index in [2.05, 4.69) is 18.3 Å². The largest absolute Gasteiger partial charge is 0.396 e. The van der Waals surface area contributed by atoms with Crippen LogP contribution in [0.1, 0.15) is 25.3 Å². The van der Waals surface area contributed by atoms with Gasteiger partial charge < -0.3 is 10.4 Å². The molecule has 0 aromatic heterocycles. The summed E-state index contributed by atoms with van der Waals surface area (Å²) in [5, 5.41) is 13.0. The molecule has 1 atom stereocenters. The molecular formula is C13H20ClNO. The lowest BCUT2D eigenvalue weighted by molar-refractivity contribution is 0.228. The minimum atomic E-state index is 0.286. The zero-order valence-corrected chi connectivity index (χ0v) is 10.5. The van der Waals surface area contributed by atoms with E-state index in [9.17, 15) is 0 Å². The van der Waals surface area contributed by atoms with E-state index in [1.54, 1.807) is 0 Å². The first-order valence-corrected chi connectivity index (χ1v) is 6.16. The maximum Gasteiger partial charge on any atom is 0.0456 e. The molecule has 1 aromatic rings. The normalized spacial score (nSPS) is 12.7. The Kier molecular flexibility index (Phi) is 6.46. The number of hydrogen-bond acceptors (Lipinski definition) is 2. The summed E-state index contributed by atoms with van der Waals surface area (Å²) in [4.78, 5) is 0. The van der Waals surface area contributed by atoms with Crippen molar-refractivity contribution in [2.24, 2.45) is 5.92 Å². The number of halogens is 1. The van der Waals surface area contributed by atoms with Gasteiger partial charge in [0.2, 0.25) is 0 Å². The summed E-state index contributed by atoms with van der Waals surface area (Å²) in [5.74, 6) is 0.410. The van der Waals surface area contributed by atoms with Crippen molar-refractivity contribution in [3.05, 3.63) is 34.9 Å². The van der Waals surface area contributed by atoms with Gasteiger partial charge in [-0.25, -0.2) is 0 Å². The Morgan fingerprint density at radius 3 is 2.94 bits per heavy atom. The van der Waals surface area contributed by atoms with Crippen LogP contribution in [-0.4, -0.2) is 18.3 Å². The molecule has 16 heavy (non-hydrogen) atoms. The van der Waals surface area contributed by atoms with Crippen molar-refractivity contribution in [2.45, 2.75) is 26.3 Å². The van der Waals surface area contributed by atoms with Gasteiger partial charge in [0.15, 0.2) is 0 Å². The Bertz CT molecular complexity index is 304. The van der Waals surface area contributed by atoms with Crippen molar-refractivity contribution >= 4 is 11.6 Å². The molecule has 2 N–H and O–H groups in total. The van der Waals surface area contributed by atoms with Gasteiger partial charge >= 0.3 is 0 Å². The topological polar surface area (TPSA) is 32.3 Å². The Balaban J connectivity index is 2.12.